The normalized spacial score (nSPS) is 11.7. The number of aromatic nitrogens is 3. The zero-order valence-electron chi connectivity index (χ0n) is 17.5. The highest BCUT2D eigenvalue weighted by Gasteiger charge is 2.19. The van der Waals surface area contributed by atoms with Crippen LogP contribution < -0.4 is 5.32 Å². The molecule has 1 aromatic heterocycles. The number of sulfonamides is 1. The zero-order chi connectivity index (χ0) is 22.8. The molecule has 0 unspecified atom stereocenters. The Morgan fingerprint density at radius 2 is 1.84 bits per heavy atom. The van der Waals surface area contributed by atoms with Crippen molar-refractivity contribution in [3.63, 3.8) is 0 Å². The van der Waals surface area contributed by atoms with Crippen molar-refractivity contribution in [3.8, 4) is 11.4 Å². The van der Waals surface area contributed by atoms with Crippen molar-refractivity contribution in [2.45, 2.75) is 17.0 Å². The van der Waals surface area contributed by atoms with Gasteiger partial charge >= 0.3 is 0 Å². The van der Waals surface area contributed by atoms with Gasteiger partial charge in [-0.2, -0.15) is 0 Å². The molecule has 164 valence electrons. The number of nitrogens with zero attached hydrogens (tertiary/aromatic N) is 4. The van der Waals surface area contributed by atoms with Crippen LogP contribution in [0, 0.1) is 6.92 Å². The van der Waals surface area contributed by atoms with Gasteiger partial charge in [0.2, 0.25) is 15.9 Å². The van der Waals surface area contributed by atoms with Crippen LogP contribution in [0.4, 0.5) is 5.69 Å². The maximum absolute atomic E-state index is 12.5. The second-order valence-corrected chi connectivity index (χ2v) is 10.5. The summed E-state index contributed by atoms with van der Waals surface area (Å²) in [6.45, 7) is 1.80. The molecule has 0 radical (unpaired) electrons. The average Bonchev–Trinajstić information content (AvgIpc) is 3.09. The van der Waals surface area contributed by atoms with Gasteiger partial charge in [-0.3, -0.25) is 4.79 Å². The third-order valence-corrected chi connectivity index (χ3v) is 7.61. The first-order valence-electron chi connectivity index (χ1n) is 9.20. The van der Waals surface area contributed by atoms with Crippen LogP contribution in [-0.2, 0) is 21.9 Å². The van der Waals surface area contributed by atoms with E-state index in [0.717, 1.165) is 15.4 Å². The van der Waals surface area contributed by atoms with E-state index in [1.165, 1.54) is 38.0 Å². The van der Waals surface area contributed by atoms with E-state index in [2.05, 4.69) is 15.5 Å². The molecule has 1 N–H and O–H groups in total. The van der Waals surface area contributed by atoms with Gasteiger partial charge in [-0.05, 0) is 48.9 Å². The van der Waals surface area contributed by atoms with Crippen LogP contribution in [0.3, 0.4) is 0 Å². The Kier molecular flexibility index (Phi) is 7.05. The molecule has 1 heterocycles. The number of nitrogens with one attached hydrogen (secondary N) is 1. The number of rotatable bonds is 7. The van der Waals surface area contributed by atoms with Crippen LogP contribution >= 0.6 is 23.4 Å². The largest absolute Gasteiger partial charge is 0.325 e. The predicted molar refractivity (Wildman–Crippen MR) is 123 cm³/mol. The first-order chi connectivity index (χ1) is 14.6. The Balaban J connectivity index is 1.69. The molecular formula is C20H22ClN5O3S2. The van der Waals surface area contributed by atoms with Crippen LogP contribution in [0.15, 0.2) is 52.5 Å². The minimum Gasteiger partial charge on any atom is -0.325 e. The Morgan fingerprint density at radius 3 is 2.48 bits per heavy atom. The summed E-state index contributed by atoms with van der Waals surface area (Å²) in [5.41, 5.74) is 2.08. The number of carbonyl (C=O) groups is 1. The topological polar surface area (TPSA) is 97.2 Å². The van der Waals surface area contributed by atoms with E-state index >= 15 is 0 Å². The van der Waals surface area contributed by atoms with E-state index in [4.69, 9.17) is 11.6 Å². The monoisotopic (exact) mass is 479 g/mol. The molecule has 0 spiro atoms. The molecule has 2 aromatic carbocycles. The summed E-state index contributed by atoms with van der Waals surface area (Å²) in [4.78, 5) is 12.6. The fourth-order valence-electron chi connectivity index (χ4n) is 2.71. The van der Waals surface area contributed by atoms with E-state index in [1.54, 1.807) is 29.7 Å². The Bertz CT molecular complexity index is 1210. The number of benzene rings is 2. The lowest BCUT2D eigenvalue weighted by atomic mass is 10.2. The third-order valence-electron chi connectivity index (χ3n) is 4.53. The second-order valence-electron chi connectivity index (χ2n) is 6.97. The summed E-state index contributed by atoms with van der Waals surface area (Å²) in [5, 5.41) is 12.3. The van der Waals surface area contributed by atoms with Crippen molar-refractivity contribution in [2.75, 3.05) is 25.2 Å². The molecule has 0 aliphatic rings. The quantitative estimate of drug-likeness (QED) is 0.521. The highest BCUT2D eigenvalue weighted by Crippen LogP contribution is 2.25. The summed E-state index contributed by atoms with van der Waals surface area (Å²) < 4.78 is 27.6. The Hall–Kier alpha value is -2.40. The van der Waals surface area contributed by atoms with Gasteiger partial charge in [0, 0.05) is 37.4 Å². The third kappa shape index (κ3) is 5.27. The van der Waals surface area contributed by atoms with Crippen LogP contribution in [0.5, 0.6) is 0 Å². The van der Waals surface area contributed by atoms with Crippen LogP contribution in [0.1, 0.15) is 5.56 Å². The highest BCUT2D eigenvalue weighted by molar-refractivity contribution is 7.99. The SMILES string of the molecule is Cc1ccc(S(=O)(=O)N(C)C)cc1NC(=O)CSc1nnc(-c2ccc(Cl)cc2)n1C. The van der Waals surface area contributed by atoms with E-state index in [0.29, 0.717) is 21.7 Å². The smallest absolute Gasteiger partial charge is 0.242 e. The molecule has 11 heteroatoms. The molecule has 0 bridgehead atoms. The molecule has 0 saturated heterocycles. The van der Waals surface area contributed by atoms with Gasteiger partial charge in [-0.1, -0.05) is 29.4 Å². The molecule has 31 heavy (non-hydrogen) atoms. The fourth-order valence-corrected chi connectivity index (χ4v) is 4.48. The maximum Gasteiger partial charge on any atom is 0.242 e. The predicted octanol–water partition coefficient (Wildman–Crippen LogP) is 3.43. The highest BCUT2D eigenvalue weighted by atomic mass is 35.5. The number of anilines is 1. The van der Waals surface area contributed by atoms with Crippen molar-refractivity contribution in [1.29, 1.82) is 0 Å². The molecule has 8 nitrogen and oxygen atoms in total. The molecule has 0 saturated carbocycles. The molecule has 1 amide bonds. The van der Waals surface area contributed by atoms with Crippen molar-refractivity contribution in [2.24, 2.45) is 7.05 Å². The Morgan fingerprint density at radius 1 is 1.16 bits per heavy atom. The zero-order valence-corrected chi connectivity index (χ0v) is 19.8. The number of hydrogen-bond acceptors (Lipinski definition) is 6. The first-order valence-corrected chi connectivity index (χ1v) is 12.0. The van der Waals surface area contributed by atoms with E-state index in [-0.39, 0.29) is 16.6 Å². The summed E-state index contributed by atoms with van der Waals surface area (Å²) in [6, 6.07) is 11.9. The van der Waals surface area contributed by atoms with Gasteiger partial charge in [-0.15, -0.1) is 10.2 Å². The van der Waals surface area contributed by atoms with Crippen molar-refractivity contribution in [1.82, 2.24) is 19.1 Å². The first kappa shape index (κ1) is 23.3. The van der Waals surface area contributed by atoms with Crippen molar-refractivity contribution >= 4 is 45.0 Å². The number of aryl methyl sites for hydroxylation is 1. The number of halogens is 1. The van der Waals surface area contributed by atoms with Crippen molar-refractivity contribution in [3.05, 3.63) is 53.1 Å². The van der Waals surface area contributed by atoms with Gasteiger partial charge in [0.15, 0.2) is 11.0 Å². The minimum atomic E-state index is -3.59. The summed E-state index contributed by atoms with van der Waals surface area (Å²) in [6.07, 6.45) is 0. The molecular weight excluding hydrogens is 458 g/mol. The standard InChI is InChI=1S/C20H22ClN5O3S2/c1-13-5-10-16(31(28,29)25(2)3)11-17(13)22-18(27)12-30-20-24-23-19(26(20)4)14-6-8-15(21)9-7-14/h5-11H,12H2,1-4H3,(H,22,27). The van der Waals surface area contributed by atoms with Gasteiger partial charge in [0.05, 0.1) is 10.6 Å². The van der Waals surface area contributed by atoms with E-state index in [1.807, 2.05) is 19.2 Å². The average molecular weight is 480 g/mol. The lowest BCUT2D eigenvalue weighted by molar-refractivity contribution is -0.113. The minimum absolute atomic E-state index is 0.0939. The van der Waals surface area contributed by atoms with Crippen LogP contribution in [-0.4, -0.2) is 53.2 Å². The summed E-state index contributed by atoms with van der Waals surface area (Å²) in [5.74, 6) is 0.483. The number of hydrogen-bond donors (Lipinski definition) is 1. The molecule has 0 atom stereocenters. The van der Waals surface area contributed by atoms with E-state index in [9.17, 15) is 13.2 Å². The summed E-state index contributed by atoms with van der Waals surface area (Å²) >= 11 is 7.17. The number of thioether (sulfide) groups is 1. The Labute approximate surface area is 190 Å². The van der Waals surface area contributed by atoms with Gasteiger partial charge in [-0.25, -0.2) is 12.7 Å². The van der Waals surface area contributed by atoms with Crippen molar-refractivity contribution < 1.29 is 13.2 Å². The van der Waals surface area contributed by atoms with Gasteiger partial charge in [0.25, 0.3) is 0 Å². The molecule has 3 rings (SSSR count). The molecule has 0 aliphatic heterocycles. The second kappa shape index (κ2) is 9.39. The molecule has 3 aromatic rings. The van der Waals surface area contributed by atoms with Gasteiger partial charge < -0.3 is 9.88 Å². The lowest BCUT2D eigenvalue weighted by Gasteiger charge is -2.14. The van der Waals surface area contributed by atoms with Gasteiger partial charge in [0.1, 0.15) is 0 Å². The fraction of sp³-hybridized carbons (Fsp3) is 0.250. The lowest BCUT2D eigenvalue weighted by Crippen LogP contribution is -2.22. The summed E-state index contributed by atoms with van der Waals surface area (Å²) in [7, 11) is 1.15. The number of amides is 1. The molecule has 0 aliphatic carbocycles. The van der Waals surface area contributed by atoms with E-state index < -0.39 is 10.0 Å². The maximum atomic E-state index is 12.5. The number of carbonyl (C=O) groups excluding carboxylic acids is 1. The molecule has 0 fully saturated rings. The van der Waals surface area contributed by atoms with Crippen LogP contribution in [0.2, 0.25) is 5.02 Å². The van der Waals surface area contributed by atoms with Crippen LogP contribution in [0.25, 0.3) is 11.4 Å².